The number of hydrogen-bond donors (Lipinski definition) is 1. The van der Waals surface area contributed by atoms with Gasteiger partial charge in [-0.2, -0.15) is 0 Å². The molecule has 2 atom stereocenters. The van der Waals surface area contributed by atoms with E-state index in [2.05, 4.69) is 5.32 Å². The van der Waals surface area contributed by atoms with Crippen molar-refractivity contribution in [3.8, 4) is 0 Å². The van der Waals surface area contributed by atoms with Crippen molar-refractivity contribution in [3.05, 3.63) is 71.3 Å². The molecule has 1 N–H and O–H groups in total. The zero-order valence-electron chi connectivity index (χ0n) is 21.1. The Hall–Kier alpha value is -3.68. The van der Waals surface area contributed by atoms with Crippen molar-refractivity contribution in [2.75, 3.05) is 26.2 Å². The molecule has 0 aromatic heterocycles. The number of nitrogens with zero attached hydrogens (tertiary/aromatic N) is 3. The summed E-state index contributed by atoms with van der Waals surface area (Å²) in [5, 5.41) is 2.95. The molecule has 3 aliphatic rings. The van der Waals surface area contributed by atoms with Gasteiger partial charge in [-0.15, -0.1) is 0 Å². The molecule has 3 aliphatic heterocycles. The van der Waals surface area contributed by atoms with Crippen LogP contribution in [0.5, 0.6) is 0 Å². The normalized spacial score (nSPS) is 21.4. The van der Waals surface area contributed by atoms with Crippen LogP contribution in [0.2, 0.25) is 0 Å². The number of likely N-dealkylation sites (tertiary alicyclic amines) is 3. The van der Waals surface area contributed by atoms with E-state index >= 15 is 0 Å². The summed E-state index contributed by atoms with van der Waals surface area (Å²) in [6.45, 7) is 2.97. The molecule has 2 aromatic carbocycles. The Bertz CT molecular complexity index is 1160. The highest BCUT2D eigenvalue weighted by Crippen LogP contribution is 2.25. The maximum atomic E-state index is 13.4. The number of hydrogen-bond acceptors (Lipinski definition) is 4. The topological polar surface area (TPSA) is 90.0 Å². The highest BCUT2D eigenvalue weighted by molar-refractivity contribution is 6.02. The first-order chi connectivity index (χ1) is 18.0. The summed E-state index contributed by atoms with van der Waals surface area (Å²) >= 11 is 0. The van der Waals surface area contributed by atoms with Crippen molar-refractivity contribution in [2.24, 2.45) is 0 Å². The molecule has 3 saturated heterocycles. The Kier molecular flexibility index (Phi) is 7.53. The molecule has 8 heteroatoms. The van der Waals surface area contributed by atoms with E-state index in [0.29, 0.717) is 43.6 Å². The van der Waals surface area contributed by atoms with Gasteiger partial charge in [-0.1, -0.05) is 36.4 Å². The second-order valence-electron chi connectivity index (χ2n) is 10.1. The van der Waals surface area contributed by atoms with Gasteiger partial charge in [0.25, 0.3) is 11.8 Å². The van der Waals surface area contributed by atoms with Crippen molar-refractivity contribution in [2.45, 2.75) is 57.2 Å². The van der Waals surface area contributed by atoms with E-state index in [0.717, 1.165) is 44.3 Å². The van der Waals surface area contributed by atoms with Gasteiger partial charge in [0.15, 0.2) is 0 Å². The Morgan fingerprint density at radius 2 is 1.30 bits per heavy atom. The quantitative estimate of drug-likeness (QED) is 0.658. The molecule has 2 aromatic rings. The SMILES string of the molecule is O=C(NCc1ccccc1)[C@@H]1CCCN1C(=O)c1cccc(C(=O)N2CCC[C@H]2C(=O)N2CCCC2)c1. The van der Waals surface area contributed by atoms with Crippen molar-refractivity contribution >= 4 is 23.6 Å². The van der Waals surface area contributed by atoms with Crippen molar-refractivity contribution in [1.82, 2.24) is 20.0 Å². The van der Waals surface area contributed by atoms with E-state index in [1.807, 2.05) is 35.2 Å². The lowest BCUT2D eigenvalue weighted by molar-refractivity contribution is -0.134. The van der Waals surface area contributed by atoms with E-state index in [1.165, 1.54) is 0 Å². The first kappa shape index (κ1) is 25.0. The molecule has 0 radical (unpaired) electrons. The number of rotatable bonds is 6. The highest BCUT2D eigenvalue weighted by Gasteiger charge is 2.38. The summed E-state index contributed by atoms with van der Waals surface area (Å²) in [6, 6.07) is 15.4. The molecule has 8 nitrogen and oxygen atoms in total. The Balaban J connectivity index is 1.26. The molecule has 0 saturated carbocycles. The van der Waals surface area contributed by atoms with Crippen LogP contribution in [0.3, 0.4) is 0 Å². The van der Waals surface area contributed by atoms with Gasteiger partial charge >= 0.3 is 0 Å². The minimum Gasteiger partial charge on any atom is -0.350 e. The number of benzene rings is 2. The molecule has 0 spiro atoms. The third kappa shape index (κ3) is 5.38. The molecule has 0 aliphatic carbocycles. The second-order valence-corrected chi connectivity index (χ2v) is 10.1. The van der Waals surface area contributed by atoms with Gasteiger partial charge in [-0.3, -0.25) is 19.2 Å². The van der Waals surface area contributed by atoms with Gasteiger partial charge in [0.2, 0.25) is 11.8 Å². The first-order valence-corrected chi connectivity index (χ1v) is 13.4. The summed E-state index contributed by atoms with van der Waals surface area (Å²) in [5.41, 5.74) is 1.79. The Labute approximate surface area is 217 Å². The summed E-state index contributed by atoms with van der Waals surface area (Å²) in [4.78, 5) is 58.0. The molecule has 5 rings (SSSR count). The minimum absolute atomic E-state index is 0.0389. The van der Waals surface area contributed by atoms with Gasteiger partial charge in [0.1, 0.15) is 12.1 Å². The zero-order chi connectivity index (χ0) is 25.8. The van der Waals surface area contributed by atoms with Crippen LogP contribution in [0, 0.1) is 0 Å². The van der Waals surface area contributed by atoms with Crippen LogP contribution in [0.4, 0.5) is 0 Å². The zero-order valence-corrected chi connectivity index (χ0v) is 21.1. The lowest BCUT2D eigenvalue weighted by Gasteiger charge is -2.28. The third-order valence-corrected chi connectivity index (χ3v) is 7.70. The Morgan fingerprint density at radius 1 is 0.703 bits per heavy atom. The van der Waals surface area contributed by atoms with E-state index < -0.39 is 12.1 Å². The third-order valence-electron chi connectivity index (χ3n) is 7.70. The van der Waals surface area contributed by atoms with Gasteiger partial charge < -0.3 is 20.0 Å². The fourth-order valence-electron chi connectivity index (χ4n) is 5.72. The maximum absolute atomic E-state index is 13.4. The average Bonchev–Trinajstić information content (AvgIpc) is 3.73. The summed E-state index contributed by atoms with van der Waals surface area (Å²) < 4.78 is 0. The number of amides is 4. The monoisotopic (exact) mass is 502 g/mol. The number of carbonyl (C=O) groups excluding carboxylic acids is 4. The number of nitrogens with one attached hydrogen (secondary N) is 1. The van der Waals surface area contributed by atoms with Gasteiger partial charge in [0.05, 0.1) is 0 Å². The lowest BCUT2D eigenvalue weighted by Crippen LogP contribution is -2.47. The van der Waals surface area contributed by atoms with Crippen molar-refractivity contribution in [3.63, 3.8) is 0 Å². The smallest absolute Gasteiger partial charge is 0.254 e. The molecular weight excluding hydrogens is 468 g/mol. The predicted octanol–water partition coefficient (Wildman–Crippen LogP) is 2.83. The average molecular weight is 503 g/mol. The largest absolute Gasteiger partial charge is 0.350 e. The predicted molar refractivity (Wildman–Crippen MR) is 139 cm³/mol. The standard InChI is InChI=1S/C29H34N4O4/c34-26(30-20-21-9-2-1-3-10-21)24-13-7-17-32(24)27(35)22-11-6-12-23(19-22)28(36)33-18-8-14-25(33)29(37)31-15-4-5-16-31/h1-3,6,9-12,19,24-25H,4-5,7-8,13-18,20H2,(H,30,34)/t24-,25-/m0/s1. The summed E-state index contributed by atoms with van der Waals surface area (Å²) in [7, 11) is 0. The van der Waals surface area contributed by atoms with Crippen LogP contribution in [0.1, 0.15) is 64.8 Å². The first-order valence-electron chi connectivity index (χ1n) is 13.4. The van der Waals surface area contributed by atoms with Crippen LogP contribution in [-0.4, -0.2) is 76.6 Å². The molecule has 37 heavy (non-hydrogen) atoms. The van der Waals surface area contributed by atoms with Gasteiger partial charge in [0, 0.05) is 43.9 Å². The molecule has 3 fully saturated rings. The van der Waals surface area contributed by atoms with E-state index in [-0.39, 0.29) is 23.6 Å². The van der Waals surface area contributed by atoms with Crippen molar-refractivity contribution < 1.29 is 19.2 Å². The fraction of sp³-hybridized carbons (Fsp3) is 0.448. The molecule has 194 valence electrons. The van der Waals surface area contributed by atoms with E-state index in [1.54, 1.807) is 34.1 Å². The maximum Gasteiger partial charge on any atom is 0.254 e. The van der Waals surface area contributed by atoms with Gasteiger partial charge in [-0.05, 0) is 62.3 Å². The van der Waals surface area contributed by atoms with E-state index in [9.17, 15) is 19.2 Å². The van der Waals surface area contributed by atoms with Gasteiger partial charge in [-0.25, -0.2) is 0 Å². The second kappa shape index (κ2) is 11.2. The van der Waals surface area contributed by atoms with Crippen LogP contribution in [-0.2, 0) is 16.1 Å². The highest BCUT2D eigenvalue weighted by atomic mass is 16.2. The fourth-order valence-corrected chi connectivity index (χ4v) is 5.72. The minimum atomic E-state index is -0.531. The van der Waals surface area contributed by atoms with Crippen LogP contribution in [0.15, 0.2) is 54.6 Å². The van der Waals surface area contributed by atoms with Crippen LogP contribution < -0.4 is 5.32 Å². The molecule has 3 heterocycles. The Morgan fingerprint density at radius 3 is 1.95 bits per heavy atom. The summed E-state index contributed by atoms with van der Waals surface area (Å²) in [5.74, 6) is -0.597. The number of carbonyl (C=O) groups is 4. The molecule has 4 amide bonds. The summed E-state index contributed by atoms with van der Waals surface area (Å²) in [6.07, 6.45) is 4.85. The van der Waals surface area contributed by atoms with Crippen molar-refractivity contribution in [1.29, 1.82) is 0 Å². The van der Waals surface area contributed by atoms with Crippen LogP contribution >= 0.6 is 0 Å². The lowest BCUT2D eigenvalue weighted by atomic mass is 10.1. The van der Waals surface area contributed by atoms with Crippen LogP contribution in [0.25, 0.3) is 0 Å². The molecule has 0 bridgehead atoms. The van der Waals surface area contributed by atoms with E-state index in [4.69, 9.17) is 0 Å². The molecule has 0 unspecified atom stereocenters. The molecular formula is C29H34N4O4.